The van der Waals surface area contributed by atoms with Gasteiger partial charge in [0, 0.05) is 12.4 Å². The minimum absolute atomic E-state index is 0.292. The lowest BCUT2D eigenvalue weighted by Crippen LogP contribution is -2.12. The van der Waals surface area contributed by atoms with E-state index >= 15 is 0 Å². The van der Waals surface area contributed by atoms with Crippen LogP contribution in [0.4, 0.5) is 0 Å². The van der Waals surface area contributed by atoms with Crippen LogP contribution >= 0.6 is 12.2 Å². The molecule has 0 spiro atoms. The van der Waals surface area contributed by atoms with Crippen LogP contribution < -0.4 is 10.5 Å². The van der Waals surface area contributed by atoms with E-state index in [-0.39, 0.29) is 0 Å². The summed E-state index contributed by atoms with van der Waals surface area (Å²) in [5.74, 6) is 1.26. The lowest BCUT2D eigenvalue weighted by molar-refractivity contribution is 0.295. The summed E-state index contributed by atoms with van der Waals surface area (Å²) < 4.78 is 5.59. The summed E-state index contributed by atoms with van der Waals surface area (Å²) in [5, 5.41) is 0. The van der Waals surface area contributed by atoms with E-state index in [1.165, 1.54) is 0 Å². The quantitative estimate of drug-likeness (QED) is 0.831. The minimum atomic E-state index is 0.292. The zero-order valence-electron chi connectivity index (χ0n) is 9.04. The van der Waals surface area contributed by atoms with Crippen molar-refractivity contribution in [2.24, 2.45) is 5.73 Å². The maximum absolute atomic E-state index is 5.60. The van der Waals surface area contributed by atoms with Gasteiger partial charge in [-0.3, -0.25) is 0 Å². The minimum Gasteiger partial charge on any atom is -0.485 e. The highest BCUT2D eigenvalue weighted by Crippen LogP contribution is 2.18. The molecule has 0 bridgehead atoms. The number of ether oxygens (including phenoxy) is 1. The van der Waals surface area contributed by atoms with Crippen molar-refractivity contribution in [3.05, 3.63) is 54.1 Å². The summed E-state index contributed by atoms with van der Waals surface area (Å²) in [6.07, 6.45) is 3.34. The van der Waals surface area contributed by atoms with Crippen molar-refractivity contribution >= 4 is 17.2 Å². The summed E-state index contributed by atoms with van der Waals surface area (Å²) in [6, 6.07) is 9.12. The summed E-state index contributed by atoms with van der Waals surface area (Å²) in [6.45, 7) is 0.292. The molecule has 0 saturated carbocycles. The largest absolute Gasteiger partial charge is 0.485 e. The van der Waals surface area contributed by atoms with Crippen LogP contribution in [0.25, 0.3) is 0 Å². The lowest BCUT2D eigenvalue weighted by Gasteiger charge is -2.09. The van der Waals surface area contributed by atoms with Crippen LogP contribution in [0.1, 0.15) is 11.4 Å². The van der Waals surface area contributed by atoms with Gasteiger partial charge in [0.05, 0.1) is 5.56 Å². The topological polar surface area (TPSA) is 61.0 Å². The van der Waals surface area contributed by atoms with Gasteiger partial charge < -0.3 is 10.5 Å². The highest BCUT2D eigenvalue weighted by molar-refractivity contribution is 7.80. The first-order chi connectivity index (χ1) is 8.27. The molecule has 0 aliphatic heterocycles. The number of nitrogens with zero attached hydrogens (tertiary/aromatic N) is 2. The monoisotopic (exact) mass is 245 g/mol. The van der Waals surface area contributed by atoms with Gasteiger partial charge in [0.15, 0.2) is 5.82 Å². The van der Waals surface area contributed by atoms with Gasteiger partial charge in [-0.1, -0.05) is 24.4 Å². The van der Waals surface area contributed by atoms with Gasteiger partial charge in [0.1, 0.15) is 17.3 Å². The van der Waals surface area contributed by atoms with Crippen molar-refractivity contribution in [2.45, 2.75) is 6.61 Å². The first-order valence-electron chi connectivity index (χ1n) is 5.05. The molecule has 2 N–H and O–H groups in total. The van der Waals surface area contributed by atoms with Crippen molar-refractivity contribution in [1.82, 2.24) is 9.97 Å². The molecule has 0 aliphatic carbocycles. The van der Waals surface area contributed by atoms with E-state index in [2.05, 4.69) is 9.97 Å². The SMILES string of the molecule is NC(=S)c1ccccc1OCc1ncccn1. The second kappa shape index (κ2) is 5.36. The molecule has 1 aromatic carbocycles. The van der Waals surface area contributed by atoms with Crippen molar-refractivity contribution < 1.29 is 4.74 Å². The molecule has 17 heavy (non-hydrogen) atoms. The van der Waals surface area contributed by atoms with E-state index in [1.807, 2.05) is 24.3 Å². The Labute approximate surface area is 104 Å². The van der Waals surface area contributed by atoms with Gasteiger partial charge in [-0.05, 0) is 18.2 Å². The molecule has 0 unspecified atom stereocenters. The van der Waals surface area contributed by atoms with Crippen molar-refractivity contribution in [3.8, 4) is 5.75 Å². The fourth-order valence-electron chi connectivity index (χ4n) is 1.34. The Balaban J connectivity index is 2.12. The van der Waals surface area contributed by atoms with Gasteiger partial charge in [0.25, 0.3) is 0 Å². The predicted octanol–water partition coefficient (Wildman–Crippen LogP) is 1.69. The Hall–Kier alpha value is -2.01. The van der Waals surface area contributed by atoms with Crippen LogP contribution in [0, 0.1) is 0 Å². The third-order valence-electron chi connectivity index (χ3n) is 2.13. The Kier molecular flexibility index (Phi) is 3.62. The lowest BCUT2D eigenvalue weighted by atomic mass is 10.2. The summed E-state index contributed by atoms with van der Waals surface area (Å²) in [4.78, 5) is 8.45. The van der Waals surface area contributed by atoms with Crippen LogP contribution in [-0.4, -0.2) is 15.0 Å². The van der Waals surface area contributed by atoms with Crippen LogP contribution in [0.2, 0.25) is 0 Å². The van der Waals surface area contributed by atoms with E-state index in [1.54, 1.807) is 18.5 Å². The molecule has 5 heteroatoms. The zero-order valence-corrected chi connectivity index (χ0v) is 9.85. The highest BCUT2D eigenvalue weighted by Gasteiger charge is 2.05. The van der Waals surface area contributed by atoms with Gasteiger partial charge >= 0.3 is 0 Å². The Morgan fingerprint density at radius 1 is 1.18 bits per heavy atom. The molecule has 0 amide bonds. The number of para-hydroxylation sites is 1. The molecular weight excluding hydrogens is 234 g/mol. The number of hydrogen-bond donors (Lipinski definition) is 1. The molecule has 0 fully saturated rings. The van der Waals surface area contributed by atoms with Gasteiger partial charge in [0.2, 0.25) is 0 Å². The van der Waals surface area contributed by atoms with E-state index in [0.717, 1.165) is 5.56 Å². The third-order valence-corrected chi connectivity index (χ3v) is 2.35. The molecular formula is C12H11N3OS. The van der Waals surface area contributed by atoms with Crippen LogP contribution in [0.15, 0.2) is 42.7 Å². The van der Waals surface area contributed by atoms with E-state index in [0.29, 0.717) is 23.2 Å². The number of thiocarbonyl (C=S) groups is 1. The molecule has 0 radical (unpaired) electrons. The van der Waals surface area contributed by atoms with E-state index in [9.17, 15) is 0 Å². The second-order valence-corrected chi connectivity index (χ2v) is 3.75. The fraction of sp³-hybridized carbons (Fsp3) is 0.0833. The van der Waals surface area contributed by atoms with Crippen LogP contribution in [-0.2, 0) is 6.61 Å². The number of hydrogen-bond acceptors (Lipinski definition) is 4. The highest BCUT2D eigenvalue weighted by atomic mass is 32.1. The molecule has 86 valence electrons. The molecule has 0 saturated heterocycles. The molecule has 0 atom stereocenters. The Bertz CT molecular complexity index is 516. The fourth-order valence-corrected chi connectivity index (χ4v) is 1.51. The molecule has 2 rings (SSSR count). The number of nitrogens with two attached hydrogens (primary N) is 1. The standard InChI is InChI=1S/C12H11N3OS/c13-12(17)9-4-1-2-5-10(9)16-8-11-14-6-3-7-15-11/h1-7H,8H2,(H2,13,17). The Morgan fingerprint density at radius 2 is 1.88 bits per heavy atom. The van der Waals surface area contributed by atoms with Crippen molar-refractivity contribution in [2.75, 3.05) is 0 Å². The third kappa shape index (κ3) is 2.98. The molecule has 0 aliphatic rings. The van der Waals surface area contributed by atoms with E-state index < -0.39 is 0 Å². The second-order valence-electron chi connectivity index (χ2n) is 3.31. The van der Waals surface area contributed by atoms with Crippen LogP contribution in [0.3, 0.4) is 0 Å². The van der Waals surface area contributed by atoms with Crippen molar-refractivity contribution in [1.29, 1.82) is 0 Å². The number of benzene rings is 1. The molecule has 2 aromatic rings. The normalized spacial score (nSPS) is 9.88. The maximum Gasteiger partial charge on any atom is 0.166 e. The number of rotatable bonds is 4. The van der Waals surface area contributed by atoms with E-state index in [4.69, 9.17) is 22.7 Å². The average molecular weight is 245 g/mol. The Morgan fingerprint density at radius 3 is 2.59 bits per heavy atom. The van der Waals surface area contributed by atoms with Gasteiger partial charge in [-0.2, -0.15) is 0 Å². The van der Waals surface area contributed by atoms with Gasteiger partial charge in [-0.15, -0.1) is 0 Å². The van der Waals surface area contributed by atoms with Gasteiger partial charge in [-0.25, -0.2) is 9.97 Å². The molecule has 4 nitrogen and oxygen atoms in total. The smallest absolute Gasteiger partial charge is 0.166 e. The molecule has 1 heterocycles. The summed E-state index contributed by atoms with van der Waals surface area (Å²) >= 11 is 4.95. The average Bonchev–Trinajstić information content (AvgIpc) is 2.38. The molecule has 1 aromatic heterocycles. The maximum atomic E-state index is 5.60. The zero-order chi connectivity index (χ0) is 12.1. The summed E-state index contributed by atoms with van der Waals surface area (Å²) in [5.41, 5.74) is 6.32. The van der Waals surface area contributed by atoms with Crippen LogP contribution in [0.5, 0.6) is 5.75 Å². The first kappa shape index (κ1) is 11.5. The first-order valence-corrected chi connectivity index (χ1v) is 5.46. The van der Waals surface area contributed by atoms with Crippen molar-refractivity contribution in [3.63, 3.8) is 0 Å². The predicted molar refractivity (Wildman–Crippen MR) is 68.7 cm³/mol. The summed E-state index contributed by atoms with van der Waals surface area (Å²) in [7, 11) is 0. The number of aromatic nitrogens is 2.